The van der Waals surface area contributed by atoms with E-state index in [2.05, 4.69) is 10.3 Å². The third-order valence-corrected chi connectivity index (χ3v) is 4.23. The predicted molar refractivity (Wildman–Crippen MR) is 91.9 cm³/mol. The fourth-order valence-electron chi connectivity index (χ4n) is 1.74. The normalized spacial score (nSPS) is 12.3. The summed E-state index contributed by atoms with van der Waals surface area (Å²) in [5, 5.41) is 9.06. The monoisotopic (exact) mass is 366 g/mol. The molecule has 0 saturated heterocycles. The smallest absolute Gasteiger partial charge is 0.210 e. The number of sulfonamides is 1. The van der Waals surface area contributed by atoms with Crippen LogP contribution in [-0.4, -0.2) is 45.2 Å². The number of hydrogen-bond donors (Lipinski definition) is 2. The summed E-state index contributed by atoms with van der Waals surface area (Å²) < 4.78 is 21.9. The fraction of sp³-hybridized carbons (Fsp3) is 0.462. The van der Waals surface area contributed by atoms with Crippen molar-refractivity contribution in [1.82, 2.24) is 10.2 Å². The van der Waals surface area contributed by atoms with Gasteiger partial charge in [0.15, 0.2) is 5.96 Å². The molecule has 0 unspecified atom stereocenters. The van der Waals surface area contributed by atoms with E-state index in [1.54, 1.807) is 12.1 Å². The second-order valence-electron chi connectivity index (χ2n) is 4.71. The van der Waals surface area contributed by atoms with Gasteiger partial charge in [-0.3, -0.25) is 4.99 Å². The molecule has 1 rings (SSSR count). The Morgan fingerprint density at radius 2 is 2.05 bits per heavy atom. The van der Waals surface area contributed by atoms with Gasteiger partial charge >= 0.3 is 0 Å². The number of hydrogen-bond acceptors (Lipinski definition) is 3. The first-order chi connectivity index (χ1) is 10.2. The van der Waals surface area contributed by atoms with Crippen LogP contribution in [0.5, 0.6) is 0 Å². The molecule has 9 heteroatoms. The molecule has 0 aromatic heterocycles. The number of nitrogens with one attached hydrogen (secondary N) is 1. The van der Waals surface area contributed by atoms with E-state index >= 15 is 0 Å². The fourth-order valence-corrected chi connectivity index (χ4v) is 2.40. The standard InChI is InChI=1S/C13H20Cl2N4O2S/c1-3-17-13(18-6-7-22(16,20)21)19(2)9-10-4-5-11(14)12(15)8-10/h4-5,8H,3,6-7,9H2,1-2H3,(H,17,18)(H2,16,20,21). The van der Waals surface area contributed by atoms with Gasteiger partial charge < -0.3 is 10.2 Å². The Morgan fingerprint density at radius 3 is 2.59 bits per heavy atom. The van der Waals surface area contributed by atoms with Crippen molar-refractivity contribution in [3.8, 4) is 0 Å². The van der Waals surface area contributed by atoms with E-state index < -0.39 is 10.0 Å². The summed E-state index contributed by atoms with van der Waals surface area (Å²) in [7, 11) is -1.67. The lowest BCUT2D eigenvalue weighted by molar-refractivity contribution is 0.477. The van der Waals surface area contributed by atoms with Crippen LogP contribution in [0.4, 0.5) is 0 Å². The van der Waals surface area contributed by atoms with Gasteiger partial charge in [0.25, 0.3) is 0 Å². The highest BCUT2D eigenvalue weighted by Gasteiger charge is 2.09. The summed E-state index contributed by atoms with van der Waals surface area (Å²) in [6.07, 6.45) is 0. The predicted octanol–water partition coefficient (Wildman–Crippen LogP) is 1.68. The van der Waals surface area contributed by atoms with Crippen LogP contribution in [-0.2, 0) is 16.6 Å². The number of halogens is 2. The van der Waals surface area contributed by atoms with E-state index in [9.17, 15) is 8.42 Å². The molecule has 0 bridgehead atoms. The minimum Gasteiger partial charge on any atom is -0.357 e. The summed E-state index contributed by atoms with van der Waals surface area (Å²) >= 11 is 11.9. The van der Waals surface area contributed by atoms with Crippen LogP contribution >= 0.6 is 23.2 Å². The van der Waals surface area contributed by atoms with Gasteiger partial charge in [-0.15, -0.1) is 0 Å². The molecule has 0 saturated carbocycles. The molecule has 0 spiro atoms. The van der Waals surface area contributed by atoms with Crippen molar-refractivity contribution in [3.63, 3.8) is 0 Å². The van der Waals surface area contributed by atoms with Crippen molar-refractivity contribution >= 4 is 39.2 Å². The Morgan fingerprint density at radius 1 is 1.36 bits per heavy atom. The lowest BCUT2D eigenvalue weighted by Crippen LogP contribution is -2.39. The van der Waals surface area contributed by atoms with Crippen molar-refractivity contribution in [2.45, 2.75) is 13.5 Å². The second kappa shape index (κ2) is 8.57. The number of primary sulfonamides is 1. The Kier molecular flexibility index (Phi) is 7.41. The van der Waals surface area contributed by atoms with E-state index in [0.717, 1.165) is 5.56 Å². The second-order valence-corrected chi connectivity index (χ2v) is 7.26. The third kappa shape index (κ3) is 6.83. The van der Waals surface area contributed by atoms with Gasteiger partial charge in [-0.1, -0.05) is 29.3 Å². The van der Waals surface area contributed by atoms with E-state index in [-0.39, 0.29) is 12.3 Å². The molecule has 0 aliphatic heterocycles. The Bertz CT molecular complexity index is 635. The minimum atomic E-state index is -3.52. The molecule has 22 heavy (non-hydrogen) atoms. The van der Waals surface area contributed by atoms with Gasteiger partial charge in [0.1, 0.15) is 0 Å². The number of rotatable bonds is 6. The van der Waals surface area contributed by atoms with Crippen molar-refractivity contribution < 1.29 is 8.42 Å². The lowest BCUT2D eigenvalue weighted by Gasteiger charge is -2.22. The largest absolute Gasteiger partial charge is 0.357 e. The van der Waals surface area contributed by atoms with Crippen LogP contribution in [0.3, 0.4) is 0 Å². The van der Waals surface area contributed by atoms with Crippen LogP contribution in [0.1, 0.15) is 12.5 Å². The molecule has 0 fully saturated rings. The van der Waals surface area contributed by atoms with Crippen LogP contribution in [0, 0.1) is 0 Å². The van der Waals surface area contributed by atoms with Crippen LogP contribution in [0.25, 0.3) is 0 Å². The van der Waals surface area contributed by atoms with Gasteiger partial charge in [0, 0.05) is 20.1 Å². The van der Waals surface area contributed by atoms with Gasteiger partial charge in [-0.25, -0.2) is 13.6 Å². The third-order valence-electron chi connectivity index (χ3n) is 2.74. The highest BCUT2D eigenvalue weighted by atomic mass is 35.5. The van der Waals surface area contributed by atoms with Gasteiger partial charge in [0.2, 0.25) is 10.0 Å². The summed E-state index contributed by atoms with van der Waals surface area (Å²) in [6, 6.07) is 5.39. The van der Waals surface area contributed by atoms with Crippen molar-refractivity contribution in [3.05, 3.63) is 33.8 Å². The highest BCUT2D eigenvalue weighted by Crippen LogP contribution is 2.23. The number of nitrogens with two attached hydrogens (primary N) is 1. The van der Waals surface area contributed by atoms with Crippen molar-refractivity contribution in [2.75, 3.05) is 25.9 Å². The molecule has 3 N–H and O–H groups in total. The Balaban J connectivity index is 2.77. The molecular weight excluding hydrogens is 347 g/mol. The first-order valence-electron chi connectivity index (χ1n) is 6.66. The number of nitrogens with zero attached hydrogens (tertiary/aromatic N) is 2. The maximum atomic E-state index is 10.9. The SMILES string of the molecule is CCNC(=NCCS(N)(=O)=O)N(C)Cc1ccc(Cl)c(Cl)c1. The molecule has 0 aliphatic carbocycles. The molecule has 0 aliphatic rings. The zero-order chi connectivity index (χ0) is 16.8. The molecule has 6 nitrogen and oxygen atoms in total. The Hall–Kier alpha value is -1.02. The van der Waals surface area contributed by atoms with Gasteiger partial charge in [0.05, 0.1) is 22.3 Å². The Labute approximate surface area is 141 Å². The zero-order valence-corrected chi connectivity index (χ0v) is 14.8. The van der Waals surface area contributed by atoms with E-state index in [1.807, 2.05) is 24.9 Å². The molecule has 0 heterocycles. The van der Waals surface area contributed by atoms with Gasteiger partial charge in [-0.05, 0) is 24.6 Å². The summed E-state index contributed by atoms with van der Waals surface area (Å²) in [4.78, 5) is 6.12. The molecule has 0 radical (unpaired) electrons. The van der Waals surface area contributed by atoms with E-state index in [4.69, 9.17) is 28.3 Å². The topological polar surface area (TPSA) is 87.8 Å². The van der Waals surface area contributed by atoms with Crippen LogP contribution < -0.4 is 10.5 Å². The number of aliphatic imine (C=N–C) groups is 1. The minimum absolute atomic E-state index is 0.104. The van der Waals surface area contributed by atoms with E-state index in [1.165, 1.54) is 0 Å². The molecule has 0 atom stereocenters. The molecule has 124 valence electrons. The maximum Gasteiger partial charge on any atom is 0.210 e. The van der Waals surface area contributed by atoms with Gasteiger partial charge in [-0.2, -0.15) is 0 Å². The number of guanidine groups is 1. The molecule has 0 amide bonds. The van der Waals surface area contributed by atoms with Crippen molar-refractivity contribution in [2.24, 2.45) is 10.1 Å². The molecular formula is C13H20Cl2N4O2S. The van der Waals surface area contributed by atoms with Crippen molar-refractivity contribution in [1.29, 1.82) is 0 Å². The first-order valence-corrected chi connectivity index (χ1v) is 9.14. The zero-order valence-electron chi connectivity index (χ0n) is 12.5. The summed E-state index contributed by atoms with van der Waals surface area (Å²) in [5.74, 6) is 0.403. The average Bonchev–Trinajstić information content (AvgIpc) is 2.40. The quantitative estimate of drug-likeness (QED) is 0.592. The summed E-state index contributed by atoms with van der Waals surface area (Å²) in [5.41, 5.74) is 0.967. The summed E-state index contributed by atoms with van der Waals surface area (Å²) in [6.45, 7) is 3.26. The average molecular weight is 367 g/mol. The number of benzene rings is 1. The maximum absolute atomic E-state index is 10.9. The van der Waals surface area contributed by atoms with Crippen LogP contribution in [0.15, 0.2) is 23.2 Å². The first kappa shape index (κ1) is 19.0. The molecule has 1 aromatic rings. The van der Waals surface area contributed by atoms with Crippen LogP contribution in [0.2, 0.25) is 10.0 Å². The highest BCUT2D eigenvalue weighted by molar-refractivity contribution is 7.89. The molecule has 1 aromatic carbocycles. The lowest BCUT2D eigenvalue weighted by atomic mass is 10.2. The van der Waals surface area contributed by atoms with E-state index in [0.29, 0.717) is 29.1 Å².